The van der Waals surface area contributed by atoms with E-state index in [-0.39, 0.29) is 12.5 Å². The van der Waals surface area contributed by atoms with Gasteiger partial charge in [-0.2, -0.15) is 12.7 Å². The summed E-state index contributed by atoms with van der Waals surface area (Å²) < 4.78 is 26.3. The van der Waals surface area contributed by atoms with Crippen molar-refractivity contribution in [3.05, 3.63) is 12.7 Å². The molecule has 17 heavy (non-hydrogen) atoms. The van der Waals surface area contributed by atoms with E-state index in [0.717, 1.165) is 4.31 Å². The van der Waals surface area contributed by atoms with Crippen molar-refractivity contribution in [1.29, 1.82) is 0 Å². The first-order valence-electron chi connectivity index (χ1n) is 5.13. The average molecular weight is 282 g/mol. The van der Waals surface area contributed by atoms with Gasteiger partial charge in [0.05, 0.1) is 0 Å². The zero-order chi connectivity index (χ0) is 13.3. The molecule has 1 fully saturated rings. The summed E-state index contributed by atoms with van der Waals surface area (Å²) in [6, 6.07) is 0. The van der Waals surface area contributed by atoms with Crippen molar-refractivity contribution < 1.29 is 13.2 Å². The van der Waals surface area contributed by atoms with Gasteiger partial charge in [0.2, 0.25) is 0 Å². The van der Waals surface area contributed by atoms with Gasteiger partial charge in [-0.3, -0.25) is 4.79 Å². The maximum Gasteiger partial charge on any atom is 0.303 e. The topological polar surface area (TPSA) is 78.5 Å². The van der Waals surface area contributed by atoms with Crippen molar-refractivity contribution in [3.63, 3.8) is 0 Å². The number of hydrogen-bond donors (Lipinski definition) is 2. The summed E-state index contributed by atoms with van der Waals surface area (Å²) in [7, 11) is -2.41. The summed E-state index contributed by atoms with van der Waals surface area (Å²) >= 11 is 5.50. The molecule has 0 aliphatic heterocycles. The Kier molecular flexibility index (Phi) is 4.19. The standard InChI is InChI=1S/C9H16ClN3O3S/c1-4-7-6-9(7,12-10)8(14)11-17(15,16)13(3)5-2/h4,7,12H,1,5-6H2,2-3H3,(H,11,14)/t7?,9-/m1/s1. The van der Waals surface area contributed by atoms with Gasteiger partial charge in [0, 0.05) is 19.5 Å². The summed E-state index contributed by atoms with van der Waals surface area (Å²) in [6.07, 6.45) is 2.02. The van der Waals surface area contributed by atoms with Crippen LogP contribution in [0.5, 0.6) is 0 Å². The number of rotatable bonds is 6. The minimum absolute atomic E-state index is 0.151. The maximum atomic E-state index is 11.9. The first-order valence-corrected chi connectivity index (χ1v) is 6.94. The Morgan fingerprint density at radius 3 is 2.65 bits per heavy atom. The first kappa shape index (κ1) is 14.4. The second kappa shape index (κ2) is 4.93. The monoisotopic (exact) mass is 281 g/mol. The van der Waals surface area contributed by atoms with Crippen LogP contribution in [0.2, 0.25) is 0 Å². The molecule has 1 amide bonds. The summed E-state index contributed by atoms with van der Waals surface area (Å²) in [6.45, 7) is 5.50. The van der Waals surface area contributed by atoms with Crippen LogP contribution in [-0.4, -0.2) is 37.8 Å². The largest absolute Gasteiger partial charge is 0.303 e. The Balaban J connectivity index is 2.77. The first-order chi connectivity index (χ1) is 7.84. The van der Waals surface area contributed by atoms with Crippen molar-refractivity contribution >= 4 is 27.9 Å². The highest BCUT2D eigenvalue weighted by atomic mass is 35.5. The molecule has 2 N–H and O–H groups in total. The SMILES string of the molecule is C=CC1C[C@]1(NCl)C(=O)NS(=O)(=O)N(C)CC. The molecule has 0 aromatic carbocycles. The number of halogens is 1. The van der Waals surface area contributed by atoms with E-state index in [1.54, 1.807) is 13.0 Å². The van der Waals surface area contributed by atoms with Crippen LogP contribution in [0.25, 0.3) is 0 Å². The van der Waals surface area contributed by atoms with E-state index in [0.29, 0.717) is 6.42 Å². The molecule has 0 aromatic rings. The van der Waals surface area contributed by atoms with Gasteiger partial charge in [0.15, 0.2) is 0 Å². The Bertz CT molecular complexity index is 425. The van der Waals surface area contributed by atoms with Crippen molar-refractivity contribution in [3.8, 4) is 0 Å². The van der Waals surface area contributed by atoms with Crippen molar-refractivity contribution in [2.75, 3.05) is 13.6 Å². The van der Waals surface area contributed by atoms with Crippen LogP contribution in [0.1, 0.15) is 13.3 Å². The van der Waals surface area contributed by atoms with Gasteiger partial charge in [-0.05, 0) is 18.2 Å². The Labute approximate surface area is 106 Å². The minimum Gasteiger partial charge on any atom is -0.272 e. The van der Waals surface area contributed by atoms with Gasteiger partial charge in [0.1, 0.15) is 5.54 Å². The number of carbonyl (C=O) groups excluding carboxylic acids is 1. The fourth-order valence-corrected chi connectivity index (χ4v) is 2.66. The van der Waals surface area contributed by atoms with Gasteiger partial charge in [0.25, 0.3) is 5.91 Å². The number of nitrogens with zero attached hydrogens (tertiary/aromatic N) is 1. The zero-order valence-electron chi connectivity index (χ0n) is 9.73. The third-order valence-electron chi connectivity index (χ3n) is 2.95. The van der Waals surface area contributed by atoms with Crippen molar-refractivity contribution in [2.24, 2.45) is 5.92 Å². The highest BCUT2D eigenvalue weighted by Gasteiger charge is 2.59. The second-order valence-corrected chi connectivity index (χ2v) is 5.93. The molecule has 1 unspecified atom stereocenters. The molecule has 0 bridgehead atoms. The fourth-order valence-electron chi connectivity index (χ4n) is 1.44. The summed E-state index contributed by atoms with van der Waals surface area (Å²) in [5.41, 5.74) is -1.05. The van der Waals surface area contributed by atoms with E-state index < -0.39 is 21.7 Å². The summed E-state index contributed by atoms with van der Waals surface area (Å²) in [4.78, 5) is 14.2. The Morgan fingerprint density at radius 1 is 1.71 bits per heavy atom. The second-order valence-electron chi connectivity index (χ2n) is 3.96. The smallest absolute Gasteiger partial charge is 0.272 e. The maximum absolute atomic E-state index is 11.9. The van der Waals surface area contributed by atoms with Gasteiger partial charge < -0.3 is 0 Å². The molecule has 2 atom stereocenters. The predicted octanol–water partition coefficient (Wildman–Crippen LogP) is -0.0128. The average Bonchev–Trinajstić information content (AvgIpc) is 3.02. The zero-order valence-corrected chi connectivity index (χ0v) is 11.3. The van der Waals surface area contributed by atoms with E-state index in [1.165, 1.54) is 7.05 Å². The molecular formula is C9H16ClN3O3S. The third kappa shape index (κ3) is 2.62. The predicted molar refractivity (Wildman–Crippen MR) is 65.4 cm³/mol. The van der Waals surface area contributed by atoms with Crippen LogP contribution in [0.15, 0.2) is 12.7 Å². The van der Waals surface area contributed by atoms with E-state index >= 15 is 0 Å². The molecule has 1 aliphatic rings. The summed E-state index contributed by atoms with van der Waals surface area (Å²) in [5, 5.41) is 0. The molecule has 0 saturated heterocycles. The lowest BCUT2D eigenvalue weighted by Crippen LogP contribution is -2.50. The Morgan fingerprint density at radius 2 is 2.29 bits per heavy atom. The van der Waals surface area contributed by atoms with Crippen molar-refractivity contribution in [1.82, 2.24) is 13.9 Å². The molecule has 6 nitrogen and oxygen atoms in total. The molecule has 0 spiro atoms. The van der Waals surface area contributed by atoms with Crippen molar-refractivity contribution in [2.45, 2.75) is 18.9 Å². The lowest BCUT2D eigenvalue weighted by molar-refractivity contribution is -0.122. The number of nitrogens with one attached hydrogen (secondary N) is 2. The molecule has 0 heterocycles. The van der Waals surface area contributed by atoms with Gasteiger partial charge >= 0.3 is 10.2 Å². The lowest BCUT2D eigenvalue weighted by Gasteiger charge is -2.19. The highest BCUT2D eigenvalue weighted by molar-refractivity contribution is 7.87. The van der Waals surface area contributed by atoms with Crippen LogP contribution in [0.3, 0.4) is 0 Å². The minimum atomic E-state index is -3.79. The quantitative estimate of drug-likeness (QED) is 0.530. The molecule has 1 aliphatic carbocycles. The fraction of sp³-hybridized carbons (Fsp3) is 0.667. The van der Waals surface area contributed by atoms with Crippen LogP contribution < -0.4 is 9.56 Å². The van der Waals surface area contributed by atoms with Gasteiger partial charge in [-0.1, -0.05) is 13.0 Å². The number of hydrogen-bond acceptors (Lipinski definition) is 4. The van der Waals surface area contributed by atoms with Crippen LogP contribution >= 0.6 is 11.8 Å². The van der Waals surface area contributed by atoms with E-state index in [2.05, 4.69) is 11.4 Å². The van der Waals surface area contributed by atoms with Crippen LogP contribution in [-0.2, 0) is 15.0 Å². The number of carbonyl (C=O) groups is 1. The molecule has 0 radical (unpaired) electrons. The summed E-state index contributed by atoms with van der Waals surface area (Å²) in [5.74, 6) is -0.806. The van der Waals surface area contributed by atoms with Crippen LogP contribution in [0.4, 0.5) is 0 Å². The van der Waals surface area contributed by atoms with E-state index in [1.807, 2.05) is 4.72 Å². The van der Waals surface area contributed by atoms with E-state index in [9.17, 15) is 13.2 Å². The third-order valence-corrected chi connectivity index (χ3v) is 4.81. The normalized spacial score (nSPS) is 27.9. The molecule has 1 rings (SSSR count). The lowest BCUT2D eigenvalue weighted by atomic mass is 10.2. The van der Waals surface area contributed by atoms with Gasteiger partial charge in [-0.15, -0.1) is 6.58 Å². The van der Waals surface area contributed by atoms with Crippen LogP contribution in [0, 0.1) is 5.92 Å². The Hall–Kier alpha value is -0.630. The molecule has 98 valence electrons. The molecule has 1 saturated carbocycles. The molecule has 0 aromatic heterocycles. The highest BCUT2D eigenvalue weighted by Crippen LogP contribution is 2.45. The van der Waals surface area contributed by atoms with Gasteiger partial charge in [-0.25, -0.2) is 9.56 Å². The van der Waals surface area contributed by atoms with E-state index in [4.69, 9.17) is 11.8 Å². The molecule has 8 heteroatoms. The molecular weight excluding hydrogens is 266 g/mol. The number of amides is 1.